The molecule has 1 saturated heterocycles. The van der Waals surface area contributed by atoms with Crippen LogP contribution in [0, 0.1) is 0 Å². The molecular formula is C23H28ClN3OS. The molecule has 4 nitrogen and oxygen atoms in total. The summed E-state index contributed by atoms with van der Waals surface area (Å²) in [6, 6.07) is 8.11. The monoisotopic (exact) mass is 429 g/mol. The standard InChI is InChI=1S/C23H28ClN3OS/c24-18-4-1-3-17(15-18)23(28)27-11-7-16(8-12-27)22-25-20-9-13-26(19-5-2-6-19)14-10-21(20)29-22/h1,3-4,15-16,19H,2,5-14H2. The third kappa shape index (κ3) is 4.10. The van der Waals surface area contributed by atoms with E-state index in [1.807, 2.05) is 34.4 Å². The molecule has 1 aromatic heterocycles. The molecule has 2 aromatic rings. The molecule has 0 bridgehead atoms. The van der Waals surface area contributed by atoms with Crippen LogP contribution in [0.4, 0.5) is 0 Å². The van der Waals surface area contributed by atoms with Crippen molar-refractivity contribution in [2.75, 3.05) is 26.2 Å². The van der Waals surface area contributed by atoms with Crippen molar-refractivity contribution in [1.82, 2.24) is 14.8 Å². The van der Waals surface area contributed by atoms with E-state index in [4.69, 9.17) is 16.6 Å². The van der Waals surface area contributed by atoms with Crippen LogP contribution in [0.25, 0.3) is 0 Å². The van der Waals surface area contributed by atoms with Crippen LogP contribution in [-0.2, 0) is 12.8 Å². The summed E-state index contributed by atoms with van der Waals surface area (Å²) >= 11 is 7.99. The molecule has 0 N–H and O–H groups in total. The van der Waals surface area contributed by atoms with Crippen LogP contribution in [0.1, 0.15) is 64.0 Å². The van der Waals surface area contributed by atoms with Crippen molar-refractivity contribution in [2.45, 2.75) is 56.9 Å². The molecule has 1 amide bonds. The van der Waals surface area contributed by atoms with Gasteiger partial charge in [0.25, 0.3) is 5.91 Å². The van der Waals surface area contributed by atoms with Gasteiger partial charge in [0.15, 0.2) is 0 Å². The van der Waals surface area contributed by atoms with Crippen molar-refractivity contribution in [3.63, 3.8) is 0 Å². The summed E-state index contributed by atoms with van der Waals surface area (Å²) in [5, 5.41) is 1.92. The summed E-state index contributed by atoms with van der Waals surface area (Å²) in [5.41, 5.74) is 2.04. The SMILES string of the molecule is O=C(c1cccc(Cl)c1)N1CCC(c2nc3c(s2)CCN(C2CCC2)CC3)CC1. The van der Waals surface area contributed by atoms with Gasteiger partial charge in [0.05, 0.1) is 10.7 Å². The third-order valence-corrected chi connectivity index (χ3v) is 8.41. The Hall–Kier alpha value is -1.43. The largest absolute Gasteiger partial charge is 0.339 e. The van der Waals surface area contributed by atoms with Crippen LogP contribution in [0.2, 0.25) is 5.02 Å². The zero-order valence-electron chi connectivity index (χ0n) is 16.8. The number of rotatable bonds is 3. The second-order valence-electron chi connectivity index (χ2n) is 8.62. The second-order valence-corrected chi connectivity index (χ2v) is 10.2. The highest BCUT2D eigenvalue weighted by atomic mass is 35.5. The lowest BCUT2D eigenvalue weighted by atomic mass is 9.91. The Labute approximate surface area is 181 Å². The molecule has 3 heterocycles. The minimum Gasteiger partial charge on any atom is -0.339 e. The van der Waals surface area contributed by atoms with Crippen molar-refractivity contribution in [3.8, 4) is 0 Å². The minimum absolute atomic E-state index is 0.0944. The van der Waals surface area contributed by atoms with E-state index in [9.17, 15) is 4.79 Å². The number of thiazole rings is 1. The van der Waals surface area contributed by atoms with Crippen LogP contribution < -0.4 is 0 Å². The van der Waals surface area contributed by atoms with Crippen LogP contribution in [-0.4, -0.2) is 52.9 Å². The molecule has 29 heavy (non-hydrogen) atoms. The zero-order chi connectivity index (χ0) is 19.8. The predicted molar refractivity (Wildman–Crippen MR) is 118 cm³/mol. The predicted octanol–water partition coefficient (Wildman–Crippen LogP) is 4.77. The molecule has 2 fully saturated rings. The lowest BCUT2D eigenvalue weighted by molar-refractivity contribution is 0.0713. The van der Waals surface area contributed by atoms with Crippen LogP contribution in [0.5, 0.6) is 0 Å². The van der Waals surface area contributed by atoms with E-state index in [0.717, 1.165) is 44.8 Å². The number of carbonyl (C=O) groups is 1. The molecule has 154 valence electrons. The Balaban J connectivity index is 1.19. The number of carbonyl (C=O) groups excluding carboxylic acids is 1. The number of benzene rings is 1. The molecule has 1 saturated carbocycles. The normalized spacial score (nSPS) is 21.5. The van der Waals surface area contributed by atoms with Crippen molar-refractivity contribution in [1.29, 1.82) is 0 Å². The summed E-state index contributed by atoms with van der Waals surface area (Å²) in [6.07, 6.45) is 8.46. The third-order valence-electron chi connectivity index (χ3n) is 6.85. The Morgan fingerprint density at radius 1 is 1.07 bits per heavy atom. The quantitative estimate of drug-likeness (QED) is 0.705. The average Bonchev–Trinajstić information content (AvgIpc) is 3.02. The van der Waals surface area contributed by atoms with E-state index in [0.29, 0.717) is 16.5 Å². The number of hydrogen-bond acceptors (Lipinski definition) is 4. The number of fused-ring (bicyclic) bond motifs is 1. The first kappa shape index (κ1) is 19.5. The minimum atomic E-state index is 0.0944. The first-order valence-electron chi connectivity index (χ1n) is 10.9. The Morgan fingerprint density at radius 3 is 2.59 bits per heavy atom. The van der Waals surface area contributed by atoms with E-state index < -0.39 is 0 Å². The zero-order valence-corrected chi connectivity index (χ0v) is 18.4. The Morgan fingerprint density at radius 2 is 1.86 bits per heavy atom. The number of amides is 1. The summed E-state index contributed by atoms with van der Waals surface area (Å²) < 4.78 is 0. The molecule has 1 aliphatic carbocycles. The smallest absolute Gasteiger partial charge is 0.253 e. The van der Waals surface area contributed by atoms with Gasteiger partial charge in [0.2, 0.25) is 0 Å². The van der Waals surface area contributed by atoms with Crippen LogP contribution in [0.3, 0.4) is 0 Å². The number of piperidine rings is 1. The molecule has 2 aliphatic heterocycles. The van der Waals surface area contributed by atoms with E-state index in [1.165, 1.54) is 47.9 Å². The molecule has 5 rings (SSSR count). The molecule has 3 aliphatic rings. The highest BCUT2D eigenvalue weighted by Crippen LogP contribution is 2.35. The number of likely N-dealkylation sites (tertiary alicyclic amines) is 1. The molecule has 6 heteroatoms. The van der Waals surface area contributed by atoms with E-state index in [2.05, 4.69) is 4.90 Å². The number of nitrogens with zero attached hydrogens (tertiary/aromatic N) is 3. The van der Waals surface area contributed by atoms with Gasteiger partial charge in [0, 0.05) is 60.0 Å². The van der Waals surface area contributed by atoms with Crippen molar-refractivity contribution in [3.05, 3.63) is 50.4 Å². The molecule has 0 unspecified atom stereocenters. The second kappa shape index (κ2) is 8.37. The number of halogens is 1. The highest BCUT2D eigenvalue weighted by molar-refractivity contribution is 7.11. The molecule has 1 aromatic carbocycles. The molecule has 0 spiro atoms. The van der Waals surface area contributed by atoms with Gasteiger partial charge in [-0.15, -0.1) is 11.3 Å². The maximum absolute atomic E-state index is 12.8. The lowest BCUT2D eigenvalue weighted by Crippen LogP contribution is -2.41. The lowest BCUT2D eigenvalue weighted by Gasteiger charge is -2.36. The van der Waals surface area contributed by atoms with Gasteiger partial charge in [0.1, 0.15) is 0 Å². The van der Waals surface area contributed by atoms with E-state index in [1.54, 1.807) is 6.07 Å². The summed E-state index contributed by atoms with van der Waals surface area (Å²) in [5.74, 6) is 0.593. The van der Waals surface area contributed by atoms with Crippen molar-refractivity contribution < 1.29 is 4.79 Å². The van der Waals surface area contributed by atoms with Gasteiger partial charge >= 0.3 is 0 Å². The first-order chi connectivity index (χ1) is 14.2. The maximum Gasteiger partial charge on any atom is 0.253 e. The topological polar surface area (TPSA) is 36.4 Å². The fourth-order valence-corrected chi connectivity index (χ4v) is 6.29. The average molecular weight is 430 g/mol. The van der Waals surface area contributed by atoms with Gasteiger partial charge in [-0.2, -0.15) is 0 Å². The van der Waals surface area contributed by atoms with E-state index in [-0.39, 0.29) is 5.91 Å². The summed E-state index contributed by atoms with van der Waals surface area (Å²) in [4.78, 5) is 24.0. The Kier molecular flexibility index (Phi) is 5.63. The highest BCUT2D eigenvalue weighted by Gasteiger charge is 2.30. The van der Waals surface area contributed by atoms with Gasteiger partial charge < -0.3 is 4.90 Å². The number of hydrogen-bond donors (Lipinski definition) is 0. The fraction of sp³-hybridized carbons (Fsp3) is 0.565. The fourth-order valence-electron chi connectivity index (χ4n) is 4.83. The van der Waals surface area contributed by atoms with Gasteiger partial charge in [-0.3, -0.25) is 9.69 Å². The van der Waals surface area contributed by atoms with Gasteiger partial charge in [-0.25, -0.2) is 4.98 Å². The first-order valence-corrected chi connectivity index (χ1v) is 12.1. The maximum atomic E-state index is 12.8. The summed E-state index contributed by atoms with van der Waals surface area (Å²) in [7, 11) is 0. The van der Waals surface area contributed by atoms with Crippen LogP contribution in [0.15, 0.2) is 24.3 Å². The van der Waals surface area contributed by atoms with Crippen molar-refractivity contribution >= 4 is 28.8 Å². The van der Waals surface area contributed by atoms with E-state index >= 15 is 0 Å². The van der Waals surface area contributed by atoms with Crippen LogP contribution >= 0.6 is 22.9 Å². The van der Waals surface area contributed by atoms with Gasteiger partial charge in [-0.1, -0.05) is 24.1 Å². The Bertz CT molecular complexity index is 860. The number of aromatic nitrogens is 1. The van der Waals surface area contributed by atoms with Gasteiger partial charge in [-0.05, 0) is 50.3 Å². The molecular weight excluding hydrogens is 402 g/mol. The summed E-state index contributed by atoms with van der Waals surface area (Å²) in [6.45, 7) is 3.98. The molecule has 0 atom stereocenters. The van der Waals surface area contributed by atoms with Crippen molar-refractivity contribution in [2.24, 2.45) is 0 Å². The molecule has 0 radical (unpaired) electrons.